The topological polar surface area (TPSA) is 48.0 Å². The molecule has 1 amide bonds. The van der Waals surface area contributed by atoms with Crippen LogP contribution in [-0.2, 0) is 25.5 Å². The Morgan fingerprint density at radius 2 is 1.70 bits per heavy atom. The predicted octanol–water partition coefficient (Wildman–Crippen LogP) is 2.49. The minimum atomic E-state index is 0.167. The molecule has 0 unspecified atom stereocenters. The quantitative estimate of drug-likeness (QED) is 0.523. The minimum absolute atomic E-state index is 0.167. The first kappa shape index (κ1) is 19.6. The van der Waals surface area contributed by atoms with Crippen LogP contribution in [0, 0.1) is 0 Å². The van der Waals surface area contributed by atoms with Gasteiger partial charge in [-0.25, -0.2) is 0 Å². The van der Waals surface area contributed by atoms with Crippen LogP contribution in [0.15, 0.2) is 30.3 Å². The average molecular weight is 323 g/mol. The summed E-state index contributed by atoms with van der Waals surface area (Å²) in [5.74, 6) is 0.167. The van der Waals surface area contributed by atoms with Gasteiger partial charge in [-0.05, 0) is 18.4 Å². The average Bonchev–Trinajstić information content (AvgIpc) is 2.58. The Balaban J connectivity index is 2.44. The molecule has 0 aliphatic rings. The molecule has 130 valence electrons. The van der Waals surface area contributed by atoms with Gasteiger partial charge in [0.1, 0.15) is 0 Å². The maximum absolute atomic E-state index is 12.4. The Bertz CT molecular complexity index is 411. The molecule has 1 rings (SSSR count). The molecule has 5 nitrogen and oxygen atoms in total. The molecule has 0 radical (unpaired) electrons. The molecule has 1 aromatic rings. The molecule has 0 saturated carbocycles. The highest BCUT2D eigenvalue weighted by molar-refractivity contribution is 5.76. The molecular formula is C18H29NO4. The number of benzene rings is 1. The van der Waals surface area contributed by atoms with Crippen LogP contribution in [0.25, 0.3) is 0 Å². The fraction of sp³-hybridized carbons (Fsp3) is 0.611. The highest BCUT2D eigenvalue weighted by Gasteiger charge is 2.13. The van der Waals surface area contributed by atoms with Crippen LogP contribution in [0.4, 0.5) is 0 Å². The van der Waals surface area contributed by atoms with E-state index in [1.807, 2.05) is 35.2 Å². The zero-order valence-corrected chi connectivity index (χ0v) is 14.3. The van der Waals surface area contributed by atoms with Crippen LogP contribution in [-0.4, -0.2) is 58.0 Å². The monoisotopic (exact) mass is 323 g/mol. The van der Waals surface area contributed by atoms with Crippen molar-refractivity contribution in [2.75, 3.05) is 47.2 Å². The molecule has 0 aliphatic carbocycles. The van der Waals surface area contributed by atoms with Gasteiger partial charge in [0.2, 0.25) is 5.91 Å². The first-order valence-electron chi connectivity index (χ1n) is 8.15. The van der Waals surface area contributed by atoms with Gasteiger partial charge < -0.3 is 19.1 Å². The number of methoxy groups -OCH3 is 2. The number of carbonyl (C=O) groups is 1. The van der Waals surface area contributed by atoms with E-state index in [1.165, 1.54) is 0 Å². The third-order valence-corrected chi connectivity index (χ3v) is 3.50. The number of ether oxygens (including phenoxy) is 3. The Hall–Kier alpha value is -1.43. The fourth-order valence-corrected chi connectivity index (χ4v) is 2.20. The molecule has 0 saturated heterocycles. The van der Waals surface area contributed by atoms with Crippen molar-refractivity contribution < 1.29 is 19.0 Å². The summed E-state index contributed by atoms with van der Waals surface area (Å²) in [7, 11) is 3.33. The standard InChI is InChI=1S/C18H29NO4/c1-21-12-7-6-10-18(20)19(11-13-23-15-14-22-2)16-17-8-4-3-5-9-17/h3-5,8-9H,6-7,10-16H2,1-2H3. The molecule has 0 N–H and O–H groups in total. The zero-order valence-electron chi connectivity index (χ0n) is 14.3. The van der Waals surface area contributed by atoms with E-state index in [-0.39, 0.29) is 5.91 Å². The van der Waals surface area contributed by atoms with Gasteiger partial charge in [-0.15, -0.1) is 0 Å². The van der Waals surface area contributed by atoms with Crippen molar-refractivity contribution in [3.63, 3.8) is 0 Å². The van der Waals surface area contributed by atoms with Crippen molar-refractivity contribution >= 4 is 5.91 Å². The zero-order chi connectivity index (χ0) is 16.8. The largest absolute Gasteiger partial charge is 0.385 e. The van der Waals surface area contributed by atoms with E-state index in [4.69, 9.17) is 14.2 Å². The van der Waals surface area contributed by atoms with Crippen molar-refractivity contribution in [3.8, 4) is 0 Å². The van der Waals surface area contributed by atoms with E-state index in [0.717, 1.165) is 18.4 Å². The summed E-state index contributed by atoms with van der Waals surface area (Å²) in [6, 6.07) is 10.0. The molecule has 0 aliphatic heterocycles. The molecule has 0 bridgehead atoms. The van der Waals surface area contributed by atoms with Gasteiger partial charge in [0.05, 0.1) is 19.8 Å². The molecule has 0 atom stereocenters. The van der Waals surface area contributed by atoms with Gasteiger partial charge >= 0.3 is 0 Å². The Morgan fingerprint density at radius 3 is 2.39 bits per heavy atom. The summed E-state index contributed by atoms with van der Waals surface area (Å²) >= 11 is 0. The molecular weight excluding hydrogens is 294 g/mol. The summed E-state index contributed by atoms with van der Waals surface area (Å²) in [4.78, 5) is 14.3. The van der Waals surface area contributed by atoms with Crippen LogP contribution in [0.1, 0.15) is 24.8 Å². The first-order valence-corrected chi connectivity index (χ1v) is 8.15. The SMILES string of the molecule is COCCCCC(=O)N(CCOCCOC)Cc1ccccc1. The van der Waals surface area contributed by atoms with Crippen LogP contribution < -0.4 is 0 Å². The smallest absolute Gasteiger partial charge is 0.222 e. The maximum Gasteiger partial charge on any atom is 0.222 e. The third-order valence-electron chi connectivity index (χ3n) is 3.50. The number of amides is 1. The lowest BCUT2D eigenvalue weighted by Crippen LogP contribution is -2.33. The lowest BCUT2D eigenvalue weighted by atomic mass is 10.2. The Labute approximate surface area is 139 Å². The van der Waals surface area contributed by atoms with E-state index < -0.39 is 0 Å². The van der Waals surface area contributed by atoms with E-state index in [9.17, 15) is 4.79 Å². The Kier molecular flexibility index (Phi) is 11.1. The van der Waals surface area contributed by atoms with Crippen LogP contribution >= 0.6 is 0 Å². The molecule has 0 aromatic heterocycles. The Morgan fingerprint density at radius 1 is 0.957 bits per heavy atom. The van der Waals surface area contributed by atoms with Crippen molar-refractivity contribution in [2.24, 2.45) is 0 Å². The van der Waals surface area contributed by atoms with Crippen molar-refractivity contribution in [3.05, 3.63) is 35.9 Å². The van der Waals surface area contributed by atoms with Crippen LogP contribution in [0.3, 0.4) is 0 Å². The number of unbranched alkanes of at least 4 members (excludes halogenated alkanes) is 1. The van der Waals surface area contributed by atoms with E-state index in [0.29, 0.717) is 45.9 Å². The maximum atomic E-state index is 12.4. The normalized spacial score (nSPS) is 10.7. The van der Waals surface area contributed by atoms with Gasteiger partial charge in [-0.3, -0.25) is 4.79 Å². The molecule has 0 heterocycles. The first-order chi connectivity index (χ1) is 11.3. The molecule has 0 fully saturated rings. The number of hydrogen-bond acceptors (Lipinski definition) is 4. The lowest BCUT2D eigenvalue weighted by Gasteiger charge is -2.23. The van der Waals surface area contributed by atoms with Gasteiger partial charge in [0.25, 0.3) is 0 Å². The van der Waals surface area contributed by atoms with Crippen molar-refractivity contribution in [1.82, 2.24) is 4.90 Å². The second-order valence-electron chi connectivity index (χ2n) is 5.36. The fourth-order valence-electron chi connectivity index (χ4n) is 2.20. The van der Waals surface area contributed by atoms with Gasteiger partial charge in [0, 0.05) is 40.3 Å². The van der Waals surface area contributed by atoms with Crippen molar-refractivity contribution in [2.45, 2.75) is 25.8 Å². The van der Waals surface area contributed by atoms with Gasteiger partial charge in [-0.1, -0.05) is 30.3 Å². The van der Waals surface area contributed by atoms with E-state index in [2.05, 4.69) is 0 Å². The second-order valence-corrected chi connectivity index (χ2v) is 5.36. The number of hydrogen-bond donors (Lipinski definition) is 0. The minimum Gasteiger partial charge on any atom is -0.385 e. The molecule has 23 heavy (non-hydrogen) atoms. The molecule has 0 spiro atoms. The summed E-state index contributed by atoms with van der Waals surface area (Å²) in [5, 5.41) is 0. The summed E-state index contributed by atoms with van der Waals surface area (Å²) in [6.45, 7) is 3.58. The summed E-state index contributed by atoms with van der Waals surface area (Å²) in [5.41, 5.74) is 1.13. The predicted molar refractivity (Wildman–Crippen MR) is 90.3 cm³/mol. The van der Waals surface area contributed by atoms with E-state index >= 15 is 0 Å². The third kappa shape index (κ3) is 9.33. The highest BCUT2D eigenvalue weighted by Crippen LogP contribution is 2.08. The van der Waals surface area contributed by atoms with Gasteiger partial charge in [0.15, 0.2) is 0 Å². The summed E-state index contributed by atoms with van der Waals surface area (Å²) in [6.07, 6.45) is 2.31. The summed E-state index contributed by atoms with van der Waals surface area (Å²) < 4.78 is 15.5. The number of rotatable bonds is 13. The number of carbonyl (C=O) groups excluding carboxylic acids is 1. The second kappa shape index (κ2) is 13.0. The molecule has 1 aromatic carbocycles. The van der Waals surface area contributed by atoms with Crippen LogP contribution in [0.2, 0.25) is 0 Å². The van der Waals surface area contributed by atoms with Gasteiger partial charge in [-0.2, -0.15) is 0 Å². The van der Waals surface area contributed by atoms with E-state index in [1.54, 1.807) is 14.2 Å². The van der Waals surface area contributed by atoms with Crippen molar-refractivity contribution in [1.29, 1.82) is 0 Å². The van der Waals surface area contributed by atoms with Crippen LogP contribution in [0.5, 0.6) is 0 Å². The molecule has 5 heteroatoms. The lowest BCUT2D eigenvalue weighted by molar-refractivity contribution is -0.132. The number of nitrogens with zero attached hydrogens (tertiary/aromatic N) is 1. The highest BCUT2D eigenvalue weighted by atomic mass is 16.5.